The van der Waals surface area contributed by atoms with Crippen molar-refractivity contribution >= 4 is 35.0 Å². The van der Waals surface area contributed by atoms with E-state index in [2.05, 4.69) is 5.32 Å². The molecule has 1 saturated heterocycles. The van der Waals surface area contributed by atoms with Gasteiger partial charge in [-0.25, -0.2) is 0 Å². The molecule has 122 valence electrons. The zero-order valence-electron chi connectivity index (χ0n) is 13.3. The number of hydrogen-bond acceptors (Lipinski definition) is 4. The monoisotopic (exact) mass is 340 g/mol. The number of ether oxygens (including phenoxy) is 1. The number of rotatable bonds is 2. The summed E-state index contributed by atoms with van der Waals surface area (Å²) in [7, 11) is 1.59. The van der Waals surface area contributed by atoms with E-state index in [1.54, 1.807) is 24.1 Å². The fraction of sp³-hybridized carbons (Fsp3) is 0.222. The summed E-state index contributed by atoms with van der Waals surface area (Å²) in [6.45, 7) is 1.84. The number of methoxy groups -OCH3 is 1. The molecule has 2 amide bonds. The van der Waals surface area contributed by atoms with Gasteiger partial charge in [-0.2, -0.15) is 0 Å². The second-order valence-electron chi connectivity index (χ2n) is 5.78. The summed E-state index contributed by atoms with van der Waals surface area (Å²) >= 11 is 1.38. The van der Waals surface area contributed by atoms with Gasteiger partial charge in [-0.1, -0.05) is 18.2 Å². The Kier molecular flexibility index (Phi) is 3.31. The average Bonchev–Trinajstić information content (AvgIpc) is 3.03. The van der Waals surface area contributed by atoms with Gasteiger partial charge in [0.1, 0.15) is 5.75 Å². The van der Waals surface area contributed by atoms with Crippen molar-refractivity contribution in [3.05, 3.63) is 54.1 Å². The third-order valence-corrected chi connectivity index (χ3v) is 5.89. The molecule has 24 heavy (non-hydrogen) atoms. The average molecular weight is 340 g/mol. The molecule has 5 nitrogen and oxygen atoms in total. The Labute approximate surface area is 144 Å². The summed E-state index contributed by atoms with van der Waals surface area (Å²) in [5.41, 5.74) is 2.27. The molecular weight excluding hydrogens is 324 g/mol. The molecule has 1 spiro atoms. The van der Waals surface area contributed by atoms with Crippen LogP contribution in [0.3, 0.4) is 0 Å². The van der Waals surface area contributed by atoms with Gasteiger partial charge < -0.3 is 10.1 Å². The van der Waals surface area contributed by atoms with Crippen LogP contribution in [0, 0.1) is 0 Å². The van der Waals surface area contributed by atoms with Gasteiger partial charge >= 0.3 is 0 Å². The molecule has 0 bridgehead atoms. The zero-order chi connectivity index (χ0) is 16.9. The summed E-state index contributed by atoms with van der Waals surface area (Å²) < 4.78 is 5.19. The van der Waals surface area contributed by atoms with Crippen LogP contribution < -0.4 is 15.0 Å². The van der Waals surface area contributed by atoms with Crippen LogP contribution in [0.4, 0.5) is 11.4 Å². The molecular formula is C18H16N2O3S. The lowest BCUT2D eigenvalue weighted by Gasteiger charge is -2.32. The summed E-state index contributed by atoms with van der Waals surface area (Å²) in [6.07, 6.45) is 0. The molecule has 0 aromatic heterocycles. The third-order valence-electron chi connectivity index (χ3n) is 4.41. The first-order chi connectivity index (χ1) is 11.6. The minimum Gasteiger partial charge on any atom is -0.497 e. The molecule has 0 aliphatic carbocycles. The molecule has 0 saturated carbocycles. The van der Waals surface area contributed by atoms with E-state index in [-0.39, 0.29) is 17.1 Å². The van der Waals surface area contributed by atoms with Gasteiger partial charge in [0.25, 0.3) is 5.91 Å². The van der Waals surface area contributed by atoms with E-state index < -0.39 is 4.87 Å². The topological polar surface area (TPSA) is 58.6 Å². The number of fused-ring (bicyclic) bond motifs is 2. The zero-order valence-corrected chi connectivity index (χ0v) is 14.1. The van der Waals surface area contributed by atoms with Crippen molar-refractivity contribution in [1.82, 2.24) is 0 Å². The van der Waals surface area contributed by atoms with Gasteiger partial charge in [0, 0.05) is 16.9 Å². The number of amides is 2. The molecule has 1 fully saturated rings. The van der Waals surface area contributed by atoms with Gasteiger partial charge in [-0.05, 0) is 37.3 Å². The number of benzene rings is 2. The predicted octanol–water partition coefficient (Wildman–Crippen LogP) is 2.97. The minimum absolute atomic E-state index is 0.0722. The quantitative estimate of drug-likeness (QED) is 0.913. The predicted molar refractivity (Wildman–Crippen MR) is 94.3 cm³/mol. The van der Waals surface area contributed by atoms with Crippen molar-refractivity contribution in [3.63, 3.8) is 0 Å². The van der Waals surface area contributed by atoms with Crippen molar-refractivity contribution in [3.8, 4) is 5.75 Å². The molecule has 6 heteroatoms. The highest BCUT2D eigenvalue weighted by molar-refractivity contribution is 8.03. The van der Waals surface area contributed by atoms with E-state index >= 15 is 0 Å². The van der Waals surface area contributed by atoms with Crippen LogP contribution in [0.5, 0.6) is 5.75 Å². The highest BCUT2D eigenvalue weighted by Gasteiger charge is 2.60. The van der Waals surface area contributed by atoms with Crippen LogP contribution >= 0.6 is 11.8 Å². The summed E-state index contributed by atoms with van der Waals surface area (Å²) in [4.78, 5) is 26.3. The van der Waals surface area contributed by atoms with Crippen molar-refractivity contribution in [2.75, 3.05) is 17.3 Å². The van der Waals surface area contributed by atoms with Crippen LogP contribution in [-0.4, -0.2) is 24.2 Å². The summed E-state index contributed by atoms with van der Waals surface area (Å²) in [5.74, 6) is 0.454. The van der Waals surface area contributed by atoms with Crippen LogP contribution in [0.1, 0.15) is 12.5 Å². The maximum atomic E-state index is 12.9. The molecule has 0 radical (unpaired) electrons. The van der Waals surface area contributed by atoms with E-state index in [1.165, 1.54) is 11.8 Å². The molecule has 2 aromatic carbocycles. The number of carbonyl (C=O) groups is 2. The van der Waals surface area contributed by atoms with Crippen molar-refractivity contribution in [2.45, 2.75) is 17.0 Å². The number of thioether (sulfide) groups is 1. The van der Waals surface area contributed by atoms with Crippen LogP contribution in [0.25, 0.3) is 0 Å². The van der Waals surface area contributed by atoms with Gasteiger partial charge in [0.15, 0.2) is 0 Å². The second-order valence-corrected chi connectivity index (χ2v) is 7.31. The largest absolute Gasteiger partial charge is 0.497 e. The SMILES string of the molecule is COc1ccc(N2C(=O)[C@H](C)S[C@]23C(=O)Nc2ccccc23)cc1. The van der Waals surface area contributed by atoms with Gasteiger partial charge in [-0.15, -0.1) is 11.8 Å². The van der Waals surface area contributed by atoms with E-state index in [0.29, 0.717) is 11.4 Å². The van der Waals surface area contributed by atoms with Crippen LogP contribution in [-0.2, 0) is 14.5 Å². The fourth-order valence-corrected chi connectivity index (χ4v) is 4.77. The maximum Gasteiger partial charge on any atom is 0.266 e. The van der Waals surface area contributed by atoms with E-state index in [4.69, 9.17) is 4.74 Å². The van der Waals surface area contributed by atoms with Crippen LogP contribution in [0.2, 0.25) is 0 Å². The molecule has 2 aliphatic rings. The molecule has 1 N–H and O–H groups in total. The number of nitrogens with one attached hydrogen (secondary N) is 1. The van der Waals surface area contributed by atoms with Gasteiger partial charge in [0.05, 0.1) is 12.4 Å². The Morgan fingerprint density at radius 3 is 2.54 bits per heavy atom. The number of anilines is 2. The number of para-hydroxylation sites is 1. The molecule has 2 atom stereocenters. The van der Waals surface area contributed by atoms with Gasteiger partial charge in [-0.3, -0.25) is 14.5 Å². The molecule has 2 aliphatic heterocycles. The highest BCUT2D eigenvalue weighted by Crippen LogP contribution is 2.55. The lowest BCUT2D eigenvalue weighted by molar-refractivity contribution is -0.122. The fourth-order valence-electron chi connectivity index (χ4n) is 3.29. The van der Waals surface area contributed by atoms with Crippen LogP contribution in [0.15, 0.2) is 48.5 Å². The Bertz CT molecular complexity index is 836. The number of hydrogen-bond donors (Lipinski definition) is 1. The minimum atomic E-state index is -1.05. The lowest BCUT2D eigenvalue weighted by Crippen LogP contribution is -2.47. The third kappa shape index (κ3) is 1.89. The maximum absolute atomic E-state index is 12.9. The number of nitrogens with zero attached hydrogens (tertiary/aromatic N) is 1. The lowest BCUT2D eigenvalue weighted by atomic mass is 10.0. The Balaban J connectivity index is 1.90. The molecule has 0 unspecified atom stereocenters. The standard InChI is InChI=1S/C18H16N2O3S/c1-11-16(21)20(12-7-9-13(23-2)10-8-12)18(24-11)14-5-3-4-6-15(14)19-17(18)22/h3-11H,1-2H3,(H,19,22)/t11-,18+/m0/s1. The van der Waals surface area contributed by atoms with Crippen molar-refractivity contribution < 1.29 is 14.3 Å². The molecule has 4 rings (SSSR count). The summed E-state index contributed by atoms with van der Waals surface area (Å²) in [5, 5.41) is 2.61. The van der Waals surface area contributed by atoms with E-state index in [9.17, 15) is 9.59 Å². The van der Waals surface area contributed by atoms with E-state index in [1.807, 2.05) is 43.3 Å². The molecule has 2 heterocycles. The van der Waals surface area contributed by atoms with Gasteiger partial charge in [0.2, 0.25) is 10.8 Å². The number of carbonyl (C=O) groups excluding carboxylic acids is 2. The van der Waals surface area contributed by atoms with Crippen molar-refractivity contribution in [2.24, 2.45) is 0 Å². The smallest absolute Gasteiger partial charge is 0.266 e. The summed E-state index contributed by atoms with van der Waals surface area (Å²) in [6, 6.07) is 14.7. The first-order valence-electron chi connectivity index (χ1n) is 7.65. The van der Waals surface area contributed by atoms with Crippen molar-refractivity contribution in [1.29, 1.82) is 0 Å². The Morgan fingerprint density at radius 2 is 1.83 bits per heavy atom. The Morgan fingerprint density at radius 1 is 1.12 bits per heavy atom. The first-order valence-corrected chi connectivity index (χ1v) is 8.53. The first kappa shape index (κ1) is 15.1. The highest BCUT2D eigenvalue weighted by atomic mass is 32.2. The second kappa shape index (κ2) is 5.27. The van der Waals surface area contributed by atoms with E-state index in [0.717, 1.165) is 11.3 Å². The Hall–Kier alpha value is -2.47. The normalized spacial score (nSPS) is 25.1. The molecule has 2 aromatic rings.